The highest BCUT2D eigenvalue weighted by Crippen LogP contribution is 2.33. The van der Waals surface area contributed by atoms with Gasteiger partial charge in [0.1, 0.15) is 11.1 Å². The second-order valence-corrected chi connectivity index (χ2v) is 8.43. The Kier molecular flexibility index (Phi) is 5.17. The predicted molar refractivity (Wildman–Crippen MR) is 120 cm³/mol. The third-order valence-electron chi connectivity index (χ3n) is 6.56. The number of furan rings is 1. The van der Waals surface area contributed by atoms with E-state index in [9.17, 15) is 14.4 Å². The van der Waals surface area contributed by atoms with E-state index in [0.29, 0.717) is 13.1 Å². The molecule has 2 aliphatic heterocycles. The minimum atomic E-state index is -1.10. The molecule has 164 valence electrons. The van der Waals surface area contributed by atoms with Crippen LogP contribution in [0.5, 0.6) is 0 Å². The second-order valence-electron chi connectivity index (χ2n) is 8.43. The lowest BCUT2D eigenvalue weighted by Gasteiger charge is -2.37. The van der Waals surface area contributed by atoms with E-state index < -0.39 is 5.54 Å². The second kappa shape index (κ2) is 8.15. The maximum atomic E-state index is 13.0. The number of ketones is 1. The fourth-order valence-electron chi connectivity index (χ4n) is 4.77. The Labute approximate surface area is 186 Å². The SMILES string of the molecule is O=C1CC(=O)C(CCC(=O)N2CCN(c3ccc4occc4c3)CC2)(c2ccccc2)N1. The van der Waals surface area contributed by atoms with Crippen LogP contribution in [-0.2, 0) is 19.9 Å². The summed E-state index contributed by atoms with van der Waals surface area (Å²) < 4.78 is 5.41. The van der Waals surface area contributed by atoms with Gasteiger partial charge in [0.05, 0.1) is 12.7 Å². The van der Waals surface area contributed by atoms with Crippen molar-refractivity contribution in [2.45, 2.75) is 24.8 Å². The van der Waals surface area contributed by atoms with Crippen molar-refractivity contribution < 1.29 is 18.8 Å². The molecule has 5 rings (SSSR count). The van der Waals surface area contributed by atoms with E-state index in [1.807, 2.05) is 53.4 Å². The summed E-state index contributed by atoms with van der Waals surface area (Å²) in [5, 5.41) is 3.92. The number of piperazine rings is 1. The molecule has 7 nitrogen and oxygen atoms in total. The molecule has 0 bridgehead atoms. The maximum Gasteiger partial charge on any atom is 0.228 e. The molecule has 7 heteroatoms. The zero-order chi connectivity index (χ0) is 22.1. The molecule has 3 heterocycles. The van der Waals surface area contributed by atoms with Gasteiger partial charge in [-0.15, -0.1) is 0 Å². The number of hydrogen-bond donors (Lipinski definition) is 1. The van der Waals surface area contributed by atoms with Crippen LogP contribution in [0.1, 0.15) is 24.8 Å². The molecule has 2 amide bonds. The number of nitrogens with one attached hydrogen (secondary N) is 1. The van der Waals surface area contributed by atoms with E-state index in [-0.39, 0.29) is 36.9 Å². The predicted octanol–water partition coefficient (Wildman–Crippen LogP) is 2.85. The van der Waals surface area contributed by atoms with Gasteiger partial charge in [0.25, 0.3) is 0 Å². The monoisotopic (exact) mass is 431 g/mol. The first-order chi connectivity index (χ1) is 15.5. The highest BCUT2D eigenvalue weighted by atomic mass is 16.3. The number of hydrogen-bond acceptors (Lipinski definition) is 5. The van der Waals surface area contributed by atoms with Crippen molar-refractivity contribution in [1.82, 2.24) is 10.2 Å². The molecule has 1 atom stereocenters. The maximum absolute atomic E-state index is 13.0. The lowest BCUT2D eigenvalue weighted by Crippen LogP contribution is -2.50. The zero-order valence-electron chi connectivity index (χ0n) is 17.8. The molecule has 1 aromatic heterocycles. The molecule has 2 aromatic carbocycles. The van der Waals surface area contributed by atoms with Gasteiger partial charge in [0, 0.05) is 43.7 Å². The van der Waals surface area contributed by atoms with Crippen molar-refractivity contribution in [1.29, 1.82) is 0 Å². The molecule has 3 aromatic rings. The average molecular weight is 431 g/mol. The Hall–Kier alpha value is -3.61. The Morgan fingerprint density at radius 2 is 1.78 bits per heavy atom. The van der Waals surface area contributed by atoms with Crippen LogP contribution in [0, 0.1) is 0 Å². The van der Waals surface area contributed by atoms with Crippen LogP contribution in [0.4, 0.5) is 5.69 Å². The highest BCUT2D eigenvalue weighted by Gasteiger charge is 2.47. The van der Waals surface area contributed by atoms with Crippen LogP contribution < -0.4 is 10.2 Å². The first kappa shape index (κ1) is 20.3. The van der Waals surface area contributed by atoms with Crippen LogP contribution in [0.2, 0.25) is 0 Å². The van der Waals surface area contributed by atoms with Crippen molar-refractivity contribution in [2.24, 2.45) is 0 Å². The van der Waals surface area contributed by atoms with E-state index in [0.717, 1.165) is 35.3 Å². The van der Waals surface area contributed by atoms with Crippen LogP contribution >= 0.6 is 0 Å². The van der Waals surface area contributed by atoms with Gasteiger partial charge in [0.2, 0.25) is 11.8 Å². The summed E-state index contributed by atoms with van der Waals surface area (Å²) in [6, 6.07) is 17.3. The normalized spacial score (nSPS) is 21.2. The average Bonchev–Trinajstić information content (AvgIpc) is 3.41. The van der Waals surface area contributed by atoms with E-state index >= 15 is 0 Å². The van der Waals surface area contributed by atoms with E-state index in [2.05, 4.69) is 16.3 Å². The van der Waals surface area contributed by atoms with E-state index in [1.54, 1.807) is 6.26 Å². The lowest BCUT2D eigenvalue weighted by molar-refractivity contribution is -0.132. The third kappa shape index (κ3) is 3.64. The molecule has 0 radical (unpaired) electrons. The molecule has 2 saturated heterocycles. The number of nitrogens with zero attached hydrogens (tertiary/aromatic N) is 2. The van der Waals surface area contributed by atoms with Gasteiger partial charge in [-0.1, -0.05) is 30.3 Å². The first-order valence-corrected chi connectivity index (χ1v) is 10.9. The molecule has 0 saturated carbocycles. The molecular weight excluding hydrogens is 406 g/mol. The van der Waals surface area contributed by atoms with Crippen LogP contribution in [-0.4, -0.2) is 48.7 Å². The van der Waals surface area contributed by atoms with Crippen LogP contribution in [0.3, 0.4) is 0 Å². The van der Waals surface area contributed by atoms with Crippen molar-refractivity contribution in [3.8, 4) is 0 Å². The minimum Gasteiger partial charge on any atom is -0.464 e. The number of carbonyl (C=O) groups excluding carboxylic acids is 3. The Morgan fingerprint density at radius 3 is 2.50 bits per heavy atom. The summed E-state index contributed by atoms with van der Waals surface area (Å²) in [7, 11) is 0. The smallest absolute Gasteiger partial charge is 0.228 e. The van der Waals surface area contributed by atoms with Gasteiger partial charge < -0.3 is 19.5 Å². The number of fused-ring (bicyclic) bond motifs is 1. The standard InChI is InChI=1S/C25H25N3O4/c29-22-17-23(30)26-25(22,19-4-2-1-3-5-19)10-8-24(31)28-13-11-27(12-14-28)20-6-7-21-18(16-20)9-15-32-21/h1-7,9,15-16H,8,10-14,17H2,(H,26,30). The molecule has 0 aliphatic carbocycles. The molecule has 1 N–H and O–H groups in total. The summed E-state index contributed by atoms with van der Waals surface area (Å²) >= 11 is 0. The fraction of sp³-hybridized carbons (Fsp3) is 0.320. The molecule has 0 spiro atoms. The van der Waals surface area contributed by atoms with Crippen LogP contribution in [0.15, 0.2) is 65.3 Å². The number of carbonyl (C=O) groups is 3. The molecule has 2 aliphatic rings. The van der Waals surface area contributed by atoms with Gasteiger partial charge in [-0.2, -0.15) is 0 Å². The van der Waals surface area contributed by atoms with Crippen molar-refractivity contribution >= 4 is 34.3 Å². The summed E-state index contributed by atoms with van der Waals surface area (Å²) in [4.78, 5) is 41.8. The van der Waals surface area contributed by atoms with Crippen LogP contribution in [0.25, 0.3) is 11.0 Å². The van der Waals surface area contributed by atoms with Crippen molar-refractivity contribution in [3.63, 3.8) is 0 Å². The number of rotatable bonds is 5. The van der Waals surface area contributed by atoms with Gasteiger partial charge in [-0.05, 0) is 36.2 Å². The van der Waals surface area contributed by atoms with Gasteiger partial charge in [0.15, 0.2) is 5.78 Å². The number of anilines is 1. The largest absolute Gasteiger partial charge is 0.464 e. The highest BCUT2D eigenvalue weighted by molar-refractivity contribution is 6.10. The Balaban J connectivity index is 1.22. The summed E-state index contributed by atoms with van der Waals surface area (Å²) in [6.07, 6.45) is 2.03. The summed E-state index contributed by atoms with van der Waals surface area (Å²) in [6.45, 7) is 2.74. The van der Waals surface area contributed by atoms with Gasteiger partial charge in [-0.3, -0.25) is 14.4 Å². The topological polar surface area (TPSA) is 82.9 Å². The van der Waals surface area contributed by atoms with E-state index in [1.165, 1.54) is 0 Å². The van der Waals surface area contributed by atoms with E-state index in [4.69, 9.17) is 4.42 Å². The fourth-order valence-corrected chi connectivity index (χ4v) is 4.77. The third-order valence-corrected chi connectivity index (χ3v) is 6.56. The zero-order valence-corrected chi connectivity index (χ0v) is 17.8. The molecular formula is C25H25N3O4. The van der Waals surface area contributed by atoms with Crippen molar-refractivity contribution in [2.75, 3.05) is 31.1 Å². The van der Waals surface area contributed by atoms with Crippen molar-refractivity contribution in [3.05, 3.63) is 66.4 Å². The van der Waals surface area contributed by atoms with Gasteiger partial charge >= 0.3 is 0 Å². The minimum absolute atomic E-state index is 0.0131. The number of Topliss-reactive ketones (excluding diaryl/α,β-unsaturated/α-hetero) is 1. The summed E-state index contributed by atoms with van der Waals surface area (Å²) in [5.41, 5.74) is 1.62. The Bertz CT molecular complexity index is 1160. The molecule has 1 unspecified atom stereocenters. The number of amides is 2. The molecule has 32 heavy (non-hydrogen) atoms. The van der Waals surface area contributed by atoms with Gasteiger partial charge in [-0.25, -0.2) is 0 Å². The lowest BCUT2D eigenvalue weighted by atomic mass is 9.83. The Morgan fingerprint density at radius 1 is 1.00 bits per heavy atom. The quantitative estimate of drug-likeness (QED) is 0.628. The summed E-state index contributed by atoms with van der Waals surface area (Å²) in [5.74, 6) is -0.436. The number of benzene rings is 2. The molecule has 2 fully saturated rings. The first-order valence-electron chi connectivity index (χ1n) is 10.9.